The van der Waals surface area contributed by atoms with E-state index >= 15 is 0 Å². The van der Waals surface area contributed by atoms with Crippen molar-refractivity contribution in [2.75, 3.05) is 13.7 Å². The third-order valence-electron chi connectivity index (χ3n) is 5.94. The summed E-state index contributed by atoms with van der Waals surface area (Å²) in [4.78, 5) is 29.6. The van der Waals surface area contributed by atoms with E-state index in [1.54, 1.807) is 55.6 Å². The summed E-state index contributed by atoms with van der Waals surface area (Å²) in [7, 11) is 1.55. The third kappa shape index (κ3) is 5.26. The molecule has 3 aromatic carbocycles. The summed E-state index contributed by atoms with van der Waals surface area (Å²) in [6.45, 7) is 6.02. The van der Waals surface area contributed by atoms with E-state index in [0.717, 1.165) is 4.68 Å². The largest absolute Gasteiger partial charge is 0.496 e. The molecule has 0 spiro atoms. The molecule has 10 nitrogen and oxygen atoms in total. The van der Waals surface area contributed by atoms with Crippen LogP contribution in [0.3, 0.4) is 0 Å². The molecule has 11 heteroatoms. The number of nitrogens with zero attached hydrogens (tertiary/aromatic N) is 4. The maximum atomic E-state index is 13.6. The Kier molecular flexibility index (Phi) is 7.03. The highest BCUT2D eigenvalue weighted by molar-refractivity contribution is 6.31. The Bertz CT molecular complexity index is 1850. The Balaban J connectivity index is 1.72. The molecule has 0 aliphatic heterocycles. The zero-order valence-corrected chi connectivity index (χ0v) is 22.9. The topological polar surface area (TPSA) is 122 Å². The fourth-order valence-electron chi connectivity index (χ4n) is 4.11. The molecule has 0 fully saturated rings. The fraction of sp³-hybridized carbons (Fsp3) is 0.207. The van der Waals surface area contributed by atoms with Crippen LogP contribution in [0.25, 0.3) is 33.5 Å². The average molecular weight is 561 g/mol. The van der Waals surface area contributed by atoms with Crippen LogP contribution in [0.1, 0.15) is 26.3 Å². The molecule has 0 unspecified atom stereocenters. The van der Waals surface area contributed by atoms with Crippen LogP contribution in [-0.4, -0.2) is 34.5 Å². The maximum Gasteiger partial charge on any atom is 0.313 e. The van der Waals surface area contributed by atoms with Gasteiger partial charge in [-0.15, -0.1) is 0 Å². The van der Waals surface area contributed by atoms with Crippen LogP contribution in [0.2, 0.25) is 5.02 Å². The van der Waals surface area contributed by atoms with Crippen molar-refractivity contribution in [1.82, 2.24) is 9.66 Å². The van der Waals surface area contributed by atoms with Gasteiger partial charge in [0, 0.05) is 16.7 Å². The summed E-state index contributed by atoms with van der Waals surface area (Å²) in [5, 5.41) is 17.4. The highest BCUT2D eigenvalue weighted by Gasteiger charge is 2.24. The number of ether oxygens (including phenoxy) is 2. The molecule has 0 N–H and O–H groups in total. The van der Waals surface area contributed by atoms with Gasteiger partial charge in [-0.3, -0.25) is 14.9 Å². The second-order valence-corrected chi connectivity index (χ2v) is 10.7. The van der Waals surface area contributed by atoms with E-state index in [4.69, 9.17) is 25.5 Å². The molecular formula is C29H25ClN4O6. The standard InChI is InChI=1S/C29H25ClN4O6/c1-29(2,3)16-39-26-17(12-18(30)13-22(26)34(36)37)15-31-33-27(32-21-9-6-5-8-19(21)28(33)35)25-14-20-23(38-4)10-7-11-24(20)40-25/h5-15H,16H2,1-4H3. The van der Waals surface area contributed by atoms with Crippen LogP contribution in [0.5, 0.6) is 11.5 Å². The van der Waals surface area contributed by atoms with Gasteiger partial charge in [0.15, 0.2) is 5.76 Å². The number of rotatable bonds is 7. The summed E-state index contributed by atoms with van der Waals surface area (Å²) in [6.07, 6.45) is 1.29. The maximum absolute atomic E-state index is 13.6. The van der Waals surface area contributed by atoms with E-state index in [9.17, 15) is 14.9 Å². The van der Waals surface area contributed by atoms with E-state index in [-0.39, 0.29) is 45.6 Å². The van der Waals surface area contributed by atoms with E-state index in [2.05, 4.69) is 10.1 Å². The lowest BCUT2D eigenvalue weighted by Gasteiger charge is -2.19. The number of hydrogen-bond acceptors (Lipinski definition) is 8. The van der Waals surface area contributed by atoms with Gasteiger partial charge in [0.2, 0.25) is 11.6 Å². The second-order valence-electron chi connectivity index (χ2n) is 10.2. The molecule has 40 heavy (non-hydrogen) atoms. The van der Waals surface area contributed by atoms with Gasteiger partial charge in [-0.25, -0.2) is 4.98 Å². The Labute approximate surface area is 233 Å². The van der Waals surface area contributed by atoms with Crippen molar-refractivity contribution in [2.24, 2.45) is 10.5 Å². The van der Waals surface area contributed by atoms with Gasteiger partial charge in [0.25, 0.3) is 5.56 Å². The van der Waals surface area contributed by atoms with Crippen molar-refractivity contribution >= 4 is 45.4 Å². The zero-order valence-electron chi connectivity index (χ0n) is 22.2. The van der Waals surface area contributed by atoms with Crippen molar-refractivity contribution in [3.05, 3.63) is 91.7 Å². The predicted octanol–water partition coefficient (Wildman–Crippen LogP) is 6.69. The van der Waals surface area contributed by atoms with Crippen LogP contribution >= 0.6 is 11.6 Å². The SMILES string of the molecule is COc1cccc2oc(-c3nc4ccccc4c(=O)n3N=Cc3cc(Cl)cc([N+](=O)[O-])c3OCC(C)(C)C)cc12. The first-order valence-electron chi connectivity index (χ1n) is 12.3. The Morgan fingerprint density at radius 3 is 2.62 bits per heavy atom. The number of furan rings is 1. The number of fused-ring (bicyclic) bond motifs is 2. The molecule has 0 aliphatic rings. The smallest absolute Gasteiger partial charge is 0.313 e. The predicted molar refractivity (Wildman–Crippen MR) is 154 cm³/mol. The quantitative estimate of drug-likeness (QED) is 0.123. The van der Waals surface area contributed by atoms with E-state index in [0.29, 0.717) is 27.6 Å². The molecule has 0 bridgehead atoms. The van der Waals surface area contributed by atoms with Crippen LogP contribution in [0, 0.1) is 15.5 Å². The molecule has 0 saturated heterocycles. The van der Waals surface area contributed by atoms with Crippen molar-refractivity contribution in [3.63, 3.8) is 0 Å². The lowest BCUT2D eigenvalue weighted by molar-refractivity contribution is -0.385. The minimum absolute atomic E-state index is 0.00936. The van der Waals surface area contributed by atoms with Crippen molar-refractivity contribution in [1.29, 1.82) is 0 Å². The molecule has 2 heterocycles. The minimum Gasteiger partial charge on any atom is -0.496 e. The summed E-state index contributed by atoms with van der Waals surface area (Å²) in [5.74, 6) is 0.995. The van der Waals surface area contributed by atoms with E-state index < -0.39 is 10.5 Å². The second kappa shape index (κ2) is 10.5. The van der Waals surface area contributed by atoms with Crippen LogP contribution in [0.15, 0.2) is 75.0 Å². The molecule has 0 saturated carbocycles. The minimum atomic E-state index is -0.571. The number of benzene rings is 3. The molecule has 2 aromatic heterocycles. The first-order chi connectivity index (χ1) is 19.1. The number of para-hydroxylation sites is 1. The fourth-order valence-corrected chi connectivity index (χ4v) is 4.33. The molecule has 0 atom stereocenters. The van der Waals surface area contributed by atoms with Crippen LogP contribution in [-0.2, 0) is 0 Å². The zero-order chi connectivity index (χ0) is 28.6. The summed E-state index contributed by atoms with van der Waals surface area (Å²) < 4.78 is 18.5. The highest BCUT2D eigenvalue weighted by Crippen LogP contribution is 2.36. The number of halogens is 1. The van der Waals surface area contributed by atoms with E-state index in [1.807, 2.05) is 20.8 Å². The number of aromatic nitrogens is 2. The van der Waals surface area contributed by atoms with Gasteiger partial charge in [0.05, 0.1) is 41.1 Å². The van der Waals surface area contributed by atoms with Crippen LogP contribution < -0.4 is 15.0 Å². The number of nitro benzene ring substituents is 1. The molecular weight excluding hydrogens is 536 g/mol. The van der Waals surface area contributed by atoms with Crippen molar-refractivity contribution in [3.8, 4) is 23.1 Å². The molecule has 5 rings (SSSR count). The normalized spacial score (nSPS) is 11.9. The monoisotopic (exact) mass is 560 g/mol. The highest BCUT2D eigenvalue weighted by atomic mass is 35.5. The number of hydrogen-bond donors (Lipinski definition) is 0. The third-order valence-corrected chi connectivity index (χ3v) is 6.16. The van der Waals surface area contributed by atoms with Gasteiger partial charge in [-0.2, -0.15) is 9.78 Å². The first-order valence-corrected chi connectivity index (χ1v) is 12.7. The molecule has 0 amide bonds. The Morgan fingerprint density at radius 2 is 1.90 bits per heavy atom. The molecule has 0 aliphatic carbocycles. The van der Waals surface area contributed by atoms with Gasteiger partial charge >= 0.3 is 5.69 Å². The first kappa shape index (κ1) is 26.9. The van der Waals surface area contributed by atoms with E-state index in [1.165, 1.54) is 18.3 Å². The van der Waals surface area contributed by atoms with Gasteiger partial charge in [0.1, 0.15) is 11.3 Å². The molecule has 204 valence electrons. The van der Waals surface area contributed by atoms with Gasteiger partial charge < -0.3 is 13.9 Å². The average Bonchev–Trinajstić information content (AvgIpc) is 3.35. The lowest BCUT2D eigenvalue weighted by atomic mass is 9.98. The van der Waals surface area contributed by atoms with Crippen molar-refractivity contribution in [2.45, 2.75) is 20.8 Å². The summed E-state index contributed by atoms with van der Waals surface area (Å²) in [6, 6.07) is 16.7. The lowest BCUT2D eigenvalue weighted by Crippen LogP contribution is -2.20. The Hall–Kier alpha value is -4.70. The molecule has 5 aromatic rings. The molecule has 0 radical (unpaired) electrons. The Morgan fingerprint density at radius 1 is 1.12 bits per heavy atom. The summed E-state index contributed by atoms with van der Waals surface area (Å²) in [5.41, 5.74) is 0.159. The van der Waals surface area contributed by atoms with Gasteiger partial charge in [-0.05, 0) is 41.8 Å². The summed E-state index contributed by atoms with van der Waals surface area (Å²) >= 11 is 6.22. The van der Waals surface area contributed by atoms with Crippen LogP contribution in [0.4, 0.5) is 5.69 Å². The van der Waals surface area contributed by atoms with Gasteiger partial charge in [-0.1, -0.05) is 50.6 Å². The number of nitro groups is 1. The number of methoxy groups -OCH3 is 1. The van der Waals surface area contributed by atoms with Crippen molar-refractivity contribution < 1.29 is 18.8 Å².